The molecule has 0 spiro atoms. The van der Waals surface area contributed by atoms with Crippen LogP contribution in [0.5, 0.6) is 0 Å². The minimum absolute atomic E-state index is 0.102. The van der Waals surface area contributed by atoms with Gasteiger partial charge in [-0.05, 0) is 25.5 Å². The van der Waals surface area contributed by atoms with Crippen LogP contribution in [0.25, 0.3) is 0 Å². The summed E-state index contributed by atoms with van der Waals surface area (Å²) in [6, 6.07) is 4.02. The standard InChI is InChI=1S/C11H12ClNO4/c1-3-17-11(14)7(2)9-5-4-8(13(15)16)6-10(9)12/h4-7H,3H2,1-2H3. The number of halogens is 1. The third kappa shape index (κ3) is 3.17. The Hall–Kier alpha value is -1.62. The number of esters is 1. The summed E-state index contributed by atoms with van der Waals surface area (Å²) in [5.41, 5.74) is 0.422. The fourth-order valence-electron chi connectivity index (χ4n) is 1.38. The second kappa shape index (κ2) is 5.63. The summed E-state index contributed by atoms with van der Waals surface area (Å²) in [6.45, 7) is 3.64. The molecule has 92 valence electrons. The Morgan fingerprint density at radius 3 is 2.71 bits per heavy atom. The number of rotatable bonds is 4. The van der Waals surface area contributed by atoms with Crippen molar-refractivity contribution in [2.45, 2.75) is 19.8 Å². The van der Waals surface area contributed by atoms with E-state index in [0.29, 0.717) is 5.56 Å². The molecular weight excluding hydrogens is 246 g/mol. The Bertz CT molecular complexity index is 447. The molecular formula is C11H12ClNO4. The van der Waals surface area contributed by atoms with Crippen molar-refractivity contribution in [1.29, 1.82) is 0 Å². The second-order valence-corrected chi connectivity index (χ2v) is 3.84. The fourth-order valence-corrected chi connectivity index (χ4v) is 1.71. The van der Waals surface area contributed by atoms with Gasteiger partial charge in [0.15, 0.2) is 0 Å². The minimum Gasteiger partial charge on any atom is -0.466 e. The Kier molecular flexibility index (Phi) is 4.45. The van der Waals surface area contributed by atoms with Crippen molar-refractivity contribution in [3.8, 4) is 0 Å². The molecule has 0 saturated carbocycles. The van der Waals surface area contributed by atoms with Crippen molar-refractivity contribution in [1.82, 2.24) is 0 Å². The van der Waals surface area contributed by atoms with Gasteiger partial charge in [0.1, 0.15) is 0 Å². The maximum atomic E-state index is 11.5. The van der Waals surface area contributed by atoms with Gasteiger partial charge in [-0.25, -0.2) is 0 Å². The molecule has 0 amide bonds. The Balaban J connectivity index is 2.99. The van der Waals surface area contributed by atoms with Crippen LogP contribution in [0.1, 0.15) is 25.3 Å². The molecule has 17 heavy (non-hydrogen) atoms. The average Bonchev–Trinajstić information content (AvgIpc) is 2.28. The molecule has 1 rings (SSSR count). The van der Waals surface area contributed by atoms with Gasteiger partial charge in [-0.1, -0.05) is 11.6 Å². The van der Waals surface area contributed by atoms with Gasteiger partial charge in [-0.2, -0.15) is 0 Å². The lowest BCUT2D eigenvalue weighted by molar-refractivity contribution is -0.384. The zero-order valence-corrected chi connectivity index (χ0v) is 10.2. The molecule has 0 aliphatic heterocycles. The monoisotopic (exact) mass is 257 g/mol. The van der Waals surface area contributed by atoms with Gasteiger partial charge in [0.05, 0.1) is 22.5 Å². The van der Waals surface area contributed by atoms with E-state index in [9.17, 15) is 14.9 Å². The van der Waals surface area contributed by atoms with Gasteiger partial charge in [0.2, 0.25) is 0 Å². The van der Waals surface area contributed by atoms with Gasteiger partial charge in [0.25, 0.3) is 5.69 Å². The summed E-state index contributed by atoms with van der Waals surface area (Å²) >= 11 is 5.90. The number of benzene rings is 1. The SMILES string of the molecule is CCOC(=O)C(C)c1ccc([N+](=O)[O-])cc1Cl. The predicted molar refractivity (Wildman–Crippen MR) is 63.2 cm³/mol. The third-order valence-electron chi connectivity index (χ3n) is 2.30. The largest absolute Gasteiger partial charge is 0.466 e. The summed E-state index contributed by atoms with van der Waals surface area (Å²) in [7, 11) is 0. The zero-order chi connectivity index (χ0) is 13.0. The van der Waals surface area contributed by atoms with Crippen LogP contribution in [0.3, 0.4) is 0 Å². The zero-order valence-electron chi connectivity index (χ0n) is 9.47. The average molecular weight is 258 g/mol. The maximum Gasteiger partial charge on any atom is 0.313 e. The molecule has 0 aliphatic carbocycles. The van der Waals surface area contributed by atoms with Gasteiger partial charge in [-0.3, -0.25) is 14.9 Å². The van der Waals surface area contributed by atoms with Crippen LogP contribution >= 0.6 is 11.6 Å². The van der Waals surface area contributed by atoms with Crippen LogP contribution in [0, 0.1) is 10.1 Å². The Morgan fingerprint density at radius 1 is 1.59 bits per heavy atom. The molecule has 1 aromatic carbocycles. The van der Waals surface area contributed by atoms with E-state index < -0.39 is 16.8 Å². The summed E-state index contributed by atoms with van der Waals surface area (Å²) < 4.78 is 4.86. The second-order valence-electron chi connectivity index (χ2n) is 3.44. The number of hydrogen-bond acceptors (Lipinski definition) is 4. The van der Waals surface area contributed by atoms with Crippen LogP contribution in [-0.2, 0) is 9.53 Å². The maximum absolute atomic E-state index is 11.5. The van der Waals surface area contributed by atoms with E-state index in [1.54, 1.807) is 13.8 Å². The van der Waals surface area contributed by atoms with Crippen molar-refractivity contribution in [2.75, 3.05) is 6.61 Å². The minimum atomic E-state index is -0.539. The molecule has 0 bridgehead atoms. The molecule has 0 saturated heterocycles. The highest BCUT2D eigenvalue weighted by atomic mass is 35.5. The third-order valence-corrected chi connectivity index (χ3v) is 2.63. The van der Waals surface area contributed by atoms with E-state index in [0.717, 1.165) is 0 Å². The molecule has 1 unspecified atom stereocenters. The molecule has 1 aromatic rings. The van der Waals surface area contributed by atoms with Crippen molar-refractivity contribution < 1.29 is 14.5 Å². The number of carbonyl (C=O) groups is 1. The number of nitro benzene ring substituents is 1. The van der Waals surface area contributed by atoms with E-state index >= 15 is 0 Å². The smallest absolute Gasteiger partial charge is 0.313 e. The number of ether oxygens (including phenoxy) is 1. The molecule has 6 heteroatoms. The molecule has 0 N–H and O–H groups in total. The molecule has 5 nitrogen and oxygen atoms in total. The first-order valence-electron chi connectivity index (χ1n) is 5.07. The lowest BCUT2D eigenvalue weighted by Crippen LogP contribution is -2.13. The van der Waals surface area contributed by atoms with E-state index in [1.807, 2.05) is 0 Å². The van der Waals surface area contributed by atoms with Crippen molar-refractivity contribution in [2.24, 2.45) is 0 Å². The first-order valence-corrected chi connectivity index (χ1v) is 5.45. The summed E-state index contributed by atoms with van der Waals surface area (Å²) in [5.74, 6) is -0.938. The lowest BCUT2D eigenvalue weighted by Gasteiger charge is -2.12. The summed E-state index contributed by atoms with van der Waals surface area (Å²) in [5, 5.41) is 10.7. The number of nitro groups is 1. The first kappa shape index (κ1) is 13.4. The quantitative estimate of drug-likeness (QED) is 0.472. The normalized spacial score (nSPS) is 11.9. The topological polar surface area (TPSA) is 69.4 Å². The van der Waals surface area contributed by atoms with Crippen molar-refractivity contribution in [3.05, 3.63) is 38.9 Å². The van der Waals surface area contributed by atoms with Gasteiger partial charge in [-0.15, -0.1) is 0 Å². The lowest BCUT2D eigenvalue weighted by atomic mass is 10.0. The highest BCUT2D eigenvalue weighted by molar-refractivity contribution is 6.31. The highest BCUT2D eigenvalue weighted by Crippen LogP contribution is 2.28. The van der Waals surface area contributed by atoms with Crippen molar-refractivity contribution in [3.63, 3.8) is 0 Å². The van der Waals surface area contributed by atoms with E-state index in [-0.39, 0.29) is 17.3 Å². The van der Waals surface area contributed by atoms with Crippen LogP contribution in [-0.4, -0.2) is 17.5 Å². The Labute approximate surface area is 103 Å². The number of hydrogen-bond donors (Lipinski definition) is 0. The highest BCUT2D eigenvalue weighted by Gasteiger charge is 2.20. The van der Waals surface area contributed by atoms with Crippen LogP contribution in [0.4, 0.5) is 5.69 Å². The molecule has 1 atom stereocenters. The molecule has 0 radical (unpaired) electrons. The van der Waals surface area contributed by atoms with E-state index in [1.165, 1.54) is 18.2 Å². The molecule has 0 aromatic heterocycles. The summed E-state index contributed by atoms with van der Waals surface area (Å²) in [6.07, 6.45) is 0. The van der Waals surface area contributed by atoms with Gasteiger partial charge < -0.3 is 4.74 Å². The molecule has 0 fully saturated rings. The van der Waals surface area contributed by atoms with Gasteiger partial charge in [0, 0.05) is 12.1 Å². The van der Waals surface area contributed by atoms with Crippen LogP contribution in [0.15, 0.2) is 18.2 Å². The van der Waals surface area contributed by atoms with Crippen LogP contribution < -0.4 is 0 Å². The Morgan fingerprint density at radius 2 is 2.24 bits per heavy atom. The van der Waals surface area contributed by atoms with Gasteiger partial charge >= 0.3 is 5.97 Å². The van der Waals surface area contributed by atoms with Crippen LogP contribution in [0.2, 0.25) is 5.02 Å². The van der Waals surface area contributed by atoms with E-state index in [4.69, 9.17) is 16.3 Å². The fraction of sp³-hybridized carbons (Fsp3) is 0.364. The molecule has 0 aliphatic rings. The van der Waals surface area contributed by atoms with E-state index in [2.05, 4.69) is 0 Å². The first-order chi connectivity index (χ1) is 7.97. The molecule has 0 heterocycles. The van der Waals surface area contributed by atoms with Crippen molar-refractivity contribution >= 4 is 23.3 Å². The predicted octanol–water partition coefficient (Wildman–Crippen LogP) is 2.91. The summed E-state index contributed by atoms with van der Waals surface area (Å²) in [4.78, 5) is 21.5. The number of nitrogens with zero attached hydrogens (tertiary/aromatic N) is 1. The number of carbonyl (C=O) groups excluding carboxylic acids is 1. The number of non-ortho nitro benzene ring substituents is 1.